The lowest BCUT2D eigenvalue weighted by molar-refractivity contribution is 0.271. The molecule has 0 radical (unpaired) electrons. The maximum absolute atomic E-state index is 9.17. The highest BCUT2D eigenvalue weighted by atomic mass is 35.5. The number of hydrogen-bond donors (Lipinski definition) is 1. The van der Waals surface area contributed by atoms with Crippen LogP contribution in [0.3, 0.4) is 0 Å². The van der Waals surface area contributed by atoms with Gasteiger partial charge in [-0.05, 0) is 13.3 Å². The first-order valence-electron chi connectivity index (χ1n) is 6.60. The molecule has 0 saturated heterocycles. The Bertz CT molecular complexity index is 593. The van der Waals surface area contributed by atoms with Crippen molar-refractivity contribution in [1.29, 1.82) is 0 Å². The molecule has 2 rings (SSSR count). The average Bonchev–Trinajstić information content (AvgIpc) is 2.97. The summed E-state index contributed by atoms with van der Waals surface area (Å²) in [5, 5.41) is 15.3. The molecule has 0 bridgehead atoms. The van der Waals surface area contributed by atoms with Crippen LogP contribution in [0.25, 0.3) is 0 Å². The lowest BCUT2D eigenvalue weighted by atomic mass is 10.3. The summed E-state index contributed by atoms with van der Waals surface area (Å²) in [6, 6.07) is 0. The number of aliphatic hydroxyl groups excluding tert-OH is 1. The molecule has 0 aliphatic heterocycles. The van der Waals surface area contributed by atoms with E-state index in [2.05, 4.69) is 23.9 Å². The SMILES string of the molecule is CCc1nn(CC)c(CSc2ncc(CO)n2C)c1Cl. The van der Waals surface area contributed by atoms with Gasteiger partial charge >= 0.3 is 0 Å². The summed E-state index contributed by atoms with van der Waals surface area (Å²) >= 11 is 7.98. The smallest absolute Gasteiger partial charge is 0.168 e. The normalized spacial score (nSPS) is 11.2. The molecule has 0 spiro atoms. The van der Waals surface area contributed by atoms with Crippen LogP contribution in [-0.4, -0.2) is 24.4 Å². The highest BCUT2D eigenvalue weighted by molar-refractivity contribution is 7.98. The van der Waals surface area contributed by atoms with Gasteiger partial charge in [-0.15, -0.1) is 0 Å². The van der Waals surface area contributed by atoms with E-state index < -0.39 is 0 Å². The molecule has 0 saturated carbocycles. The Hall–Kier alpha value is -0.980. The van der Waals surface area contributed by atoms with Gasteiger partial charge in [0.25, 0.3) is 0 Å². The minimum absolute atomic E-state index is 0.00229. The van der Waals surface area contributed by atoms with Crippen LogP contribution in [0.4, 0.5) is 0 Å². The molecule has 0 amide bonds. The largest absolute Gasteiger partial charge is 0.390 e. The van der Waals surface area contributed by atoms with Crippen molar-refractivity contribution < 1.29 is 5.11 Å². The second kappa shape index (κ2) is 6.65. The van der Waals surface area contributed by atoms with Crippen LogP contribution in [0.5, 0.6) is 0 Å². The second-order valence-electron chi connectivity index (χ2n) is 4.41. The van der Waals surface area contributed by atoms with Crippen LogP contribution in [0.1, 0.15) is 30.9 Å². The molecule has 0 unspecified atom stereocenters. The minimum Gasteiger partial charge on any atom is -0.390 e. The number of halogens is 1. The average molecular weight is 315 g/mol. The first-order chi connectivity index (χ1) is 9.62. The van der Waals surface area contributed by atoms with Crippen LogP contribution >= 0.6 is 23.4 Å². The zero-order valence-electron chi connectivity index (χ0n) is 11.9. The van der Waals surface area contributed by atoms with Crippen molar-refractivity contribution in [3.8, 4) is 0 Å². The fourth-order valence-electron chi connectivity index (χ4n) is 1.99. The number of hydrogen-bond acceptors (Lipinski definition) is 4. The van der Waals surface area contributed by atoms with Gasteiger partial charge in [-0.3, -0.25) is 4.68 Å². The molecule has 7 heteroatoms. The van der Waals surface area contributed by atoms with Gasteiger partial charge in [-0.2, -0.15) is 5.10 Å². The topological polar surface area (TPSA) is 55.9 Å². The van der Waals surface area contributed by atoms with Crippen LogP contribution in [0.15, 0.2) is 11.4 Å². The summed E-state index contributed by atoms with van der Waals surface area (Å²) in [7, 11) is 1.90. The minimum atomic E-state index is -0.00229. The third-order valence-corrected chi connectivity index (χ3v) is 4.73. The van der Waals surface area contributed by atoms with E-state index in [4.69, 9.17) is 11.6 Å². The Morgan fingerprint density at radius 1 is 1.40 bits per heavy atom. The number of imidazole rings is 1. The van der Waals surface area contributed by atoms with Crippen molar-refractivity contribution in [1.82, 2.24) is 19.3 Å². The molecular formula is C13H19ClN4OS. The maximum atomic E-state index is 9.17. The van der Waals surface area contributed by atoms with Gasteiger partial charge in [0.2, 0.25) is 0 Å². The van der Waals surface area contributed by atoms with E-state index in [1.807, 2.05) is 16.3 Å². The van der Waals surface area contributed by atoms with Gasteiger partial charge in [0.05, 0.1) is 34.9 Å². The predicted molar refractivity (Wildman–Crippen MR) is 81.0 cm³/mol. The Morgan fingerprint density at radius 3 is 2.70 bits per heavy atom. The highest BCUT2D eigenvalue weighted by Gasteiger charge is 2.15. The second-order valence-corrected chi connectivity index (χ2v) is 5.74. The number of aromatic nitrogens is 4. The van der Waals surface area contributed by atoms with E-state index in [0.29, 0.717) is 0 Å². The third-order valence-electron chi connectivity index (χ3n) is 3.24. The first kappa shape index (κ1) is 15.4. The molecule has 2 heterocycles. The molecule has 5 nitrogen and oxygen atoms in total. The fourth-order valence-corrected chi connectivity index (χ4v) is 3.41. The predicted octanol–water partition coefficient (Wildman–Crippen LogP) is 2.64. The lowest BCUT2D eigenvalue weighted by Gasteiger charge is -2.06. The molecule has 1 N–H and O–H groups in total. The molecule has 20 heavy (non-hydrogen) atoms. The molecule has 2 aromatic rings. The van der Waals surface area contributed by atoms with E-state index in [0.717, 1.165) is 46.0 Å². The van der Waals surface area contributed by atoms with E-state index in [9.17, 15) is 5.11 Å². The molecule has 0 aromatic carbocycles. The first-order valence-corrected chi connectivity index (χ1v) is 7.96. The summed E-state index contributed by atoms with van der Waals surface area (Å²) < 4.78 is 3.84. The number of thioether (sulfide) groups is 1. The Kier molecular flexibility index (Phi) is 5.12. The van der Waals surface area contributed by atoms with Gasteiger partial charge in [0.1, 0.15) is 0 Å². The Balaban J connectivity index is 2.18. The summed E-state index contributed by atoms with van der Waals surface area (Å²) in [5.74, 6) is 0.718. The van der Waals surface area contributed by atoms with Crippen molar-refractivity contribution in [2.75, 3.05) is 0 Å². The zero-order valence-corrected chi connectivity index (χ0v) is 13.5. The number of aliphatic hydroxyl groups is 1. The van der Waals surface area contributed by atoms with Crippen molar-refractivity contribution in [2.24, 2.45) is 7.05 Å². The monoisotopic (exact) mass is 314 g/mol. The summed E-state index contributed by atoms with van der Waals surface area (Å²) in [6.07, 6.45) is 2.53. The van der Waals surface area contributed by atoms with Crippen LogP contribution in [0.2, 0.25) is 5.02 Å². The molecule has 0 atom stereocenters. The van der Waals surface area contributed by atoms with E-state index in [1.54, 1.807) is 18.0 Å². The van der Waals surface area contributed by atoms with Crippen LogP contribution in [0, 0.1) is 0 Å². The van der Waals surface area contributed by atoms with Gasteiger partial charge in [-0.25, -0.2) is 4.98 Å². The Morgan fingerprint density at radius 2 is 2.15 bits per heavy atom. The third kappa shape index (κ3) is 2.87. The van der Waals surface area contributed by atoms with E-state index in [1.165, 1.54) is 0 Å². The Labute approximate surface area is 128 Å². The summed E-state index contributed by atoms with van der Waals surface area (Å²) in [5.41, 5.74) is 2.78. The van der Waals surface area contributed by atoms with Gasteiger partial charge in [-0.1, -0.05) is 30.3 Å². The van der Waals surface area contributed by atoms with E-state index in [-0.39, 0.29) is 6.61 Å². The number of nitrogens with zero attached hydrogens (tertiary/aromatic N) is 4. The van der Waals surface area contributed by atoms with Crippen molar-refractivity contribution in [3.63, 3.8) is 0 Å². The quantitative estimate of drug-likeness (QED) is 0.833. The van der Waals surface area contributed by atoms with Crippen molar-refractivity contribution >= 4 is 23.4 Å². The molecule has 0 fully saturated rings. The number of rotatable bonds is 6. The zero-order chi connectivity index (χ0) is 14.7. The van der Waals surface area contributed by atoms with Crippen LogP contribution < -0.4 is 0 Å². The highest BCUT2D eigenvalue weighted by Crippen LogP contribution is 2.28. The van der Waals surface area contributed by atoms with E-state index >= 15 is 0 Å². The van der Waals surface area contributed by atoms with Crippen molar-refractivity contribution in [3.05, 3.63) is 28.3 Å². The van der Waals surface area contributed by atoms with Gasteiger partial charge in [0.15, 0.2) is 5.16 Å². The molecule has 0 aliphatic rings. The van der Waals surface area contributed by atoms with Gasteiger partial charge in [0, 0.05) is 19.3 Å². The standard InChI is InChI=1S/C13H19ClN4OS/c1-4-10-12(14)11(18(5-2)16-10)8-20-13-15-6-9(7-19)17(13)3/h6,19H,4-5,7-8H2,1-3H3. The molecule has 2 aromatic heterocycles. The molecule has 110 valence electrons. The van der Waals surface area contributed by atoms with Gasteiger partial charge < -0.3 is 9.67 Å². The molecular weight excluding hydrogens is 296 g/mol. The summed E-state index contributed by atoms with van der Waals surface area (Å²) in [4.78, 5) is 4.31. The number of aryl methyl sites for hydroxylation is 2. The summed E-state index contributed by atoms with van der Waals surface area (Å²) in [6.45, 7) is 4.91. The molecule has 0 aliphatic carbocycles. The van der Waals surface area contributed by atoms with Crippen LogP contribution in [-0.2, 0) is 32.4 Å². The fraction of sp³-hybridized carbons (Fsp3) is 0.538. The lowest BCUT2D eigenvalue weighted by Crippen LogP contribution is -2.03. The van der Waals surface area contributed by atoms with Crippen molar-refractivity contribution in [2.45, 2.75) is 44.3 Å². The maximum Gasteiger partial charge on any atom is 0.168 e.